The van der Waals surface area contributed by atoms with E-state index in [2.05, 4.69) is 0 Å². The normalized spacial score (nSPS) is 15.8. The van der Waals surface area contributed by atoms with Gasteiger partial charge in [-0.05, 0) is 36.4 Å². The Labute approximate surface area is 151 Å². The van der Waals surface area contributed by atoms with E-state index in [-0.39, 0.29) is 24.0 Å². The average molecular weight is 382 g/mol. The van der Waals surface area contributed by atoms with E-state index in [0.29, 0.717) is 37.6 Å². The maximum atomic E-state index is 13.8. The van der Waals surface area contributed by atoms with Crippen LogP contribution >= 0.6 is 0 Å². The Morgan fingerprint density at radius 3 is 2.23 bits per heavy atom. The lowest BCUT2D eigenvalue weighted by molar-refractivity contribution is 0.330. The van der Waals surface area contributed by atoms with Gasteiger partial charge in [-0.25, -0.2) is 17.2 Å². The second kappa shape index (κ2) is 8.01. The molecule has 2 aromatic rings. The molecule has 0 radical (unpaired) electrons. The zero-order chi connectivity index (χ0) is 18.6. The maximum absolute atomic E-state index is 13.8. The van der Waals surface area contributed by atoms with Crippen LogP contribution in [0.15, 0.2) is 48.5 Å². The van der Waals surface area contributed by atoms with Gasteiger partial charge in [-0.1, -0.05) is 12.1 Å². The Balaban J connectivity index is 1.51. The summed E-state index contributed by atoms with van der Waals surface area (Å²) in [6.45, 7) is 1.44. The molecule has 1 saturated heterocycles. The number of nitrogens with zero attached hydrogens (tertiary/aromatic N) is 2. The number of anilines is 1. The molecule has 0 saturated carbocycles. The number of halogens is 2. The van der Waals surface area contributed by atoms with Crippen molar-refractivity contribution in [1.29, 1.82) is 0 Å². The summed E-state index contributed by atoms with van der Waals surface area (Å²) in [4.78, 5) is 1.84. The van der Waals surface area contributed by atoms with Crippen LogP contribution in [0.1, 0.15) is 0 Å². The number of piperazine rings is 1. The van der Waals surface area contributed by atoms with Crippen LogP contribution in [0, 0.1) is 11.6 Å². The molecule has 0 amide bonds. The van der Waals surface area contributed by atoms with Crippen LogP contribution in [0.25, 0.3) is 0 Å². The standard InChI is InChI=1S/C18H20F2N2O3S/c19-15-5-7-16(8-6-15)25-13-14-26(23,24)22-11-9-21(10-12-22)18-4-2-1-3-17(18)20/h1-8H,9-14H2. The molecular weight excluding hydrogens is 362 g/mol. The van der Waals surface area contributed by atoms with E-state index in [1.807, 2.05) is 4.90 Å². The predicted octanol–water partition coefficient (Wildman–Crippen LogP) is 2.50. The van der Waals surface area contributed by atoms with E-state index in [1.54, 1.807) is 18.2 Å². The molecule has 26 heavy (non-hydrogen) atoms. The molecule has 1 aliphatic rings. The smallest absolute Gasteiger partial charge is 0.217 e. The highest BCUT2D eigenvalue weighted by Crippen LogP contribution is 2.21. The number of hydrogen-bond acceptors (Lipinski definition) is 4. The SMILES string of the molecule is O=S(=O)(CCOc1ccc(F)cc1)N1CCN(c2ccccc2F)CC1. The minimum absolute atomic E-state index is 0.0124. The number of hydrogen-bond donors (Lipinski definition) is 0. The molecule has 0 N–H and O–H groups in total. The number of para-hydroxylation sites is 1. The molecule has 8 heteroatoms. The van der Waals surface area contributed by atoms with Crippen LogP contribution in [0.3, 0.4) is 0 Å². The largest absolute Gasteiger partial charge is 0.492 e. The summed E-state index contributed by atoms with van der Waals surface area (Å²) in [5, 5.41) is 0. The lowest BCUT2D eigenvalue weighted by atomic mass is 10.2. The fourth-order valence-corrected chi connectivity index (χ4v) is 4.11. The minimum atomic E-state index is -3.46. The highest BCUT2D eigenvalue weighted by Gasteiger charge is 2.27. The van der Waals surface area contributed by atoms with Gasteiger partial charge in [-0.15, -0.1) is 0 Å². The quantitative estimate of drug-likeness (QED) is 0.770. The Kier molecular flexibility index (Phi) is 5.73. The van der Waals surface area contributed by atoms with Crippen molar-refractivity contribution < 1.29 is 21.9 Å². The van der Waals surface area contributed by atoms with Gasteiger partial charge in [0.05, 0.1) is 11.4 Å². The van der Waals surface area contributed by atoms with E-state index in [1.165, 1.54) is 34.6 Å². The Hall–Kier alpha value is -2.19. The van der Waals surface area contributed by atoms with Crippen molar-refractivity contribution >= 4 is 15.7 Å². The van der Waals surface area contributed by atoms with Gasteiger partial charge >= 0.3 is 0 Å². The predicted molar refractivity (Wildman–Crippen MR) is 95.9 cm³/mol. The molecule has 1 fully saturated rings. The summed E-state index contributed by atoms with van der Waals surface area (Å²) in [5.41, 5.74) is 0.490. The molecule has 1 aliphatic heterocycles. The Bertz CT molecular complexity index is 836. The first-order valence-electron chi connectivity index (χ1n) is 8.31. The maximum Gasteiger partial charge on any atom is 0.217 e. The van der Waals surface area contributed by atoms with Crippen LogP contribution in [0.5, 0.6) is 5.75 Å². The van der Waals surface area contributed by atoms with Gasteiger partial charge in [0.15, 0.2) is 0 Å². The van der Waals surface area contributed by atoms with Crippen LogP contribution in [-0.4, -0.2) is 51.3 Å². The first-order valence-corrected chi connectivity index (χ1v) is 9.92. The molecule has 140 valence electrons. The fraction of sp³-hybridized carbons (Fsp3) is 0.333. The number of rotatable bonds is 6. The summed E-state index contributed by atoms with van der Waals surface area (Å²) in [7, 11) is -3.46. The van der Waals surface area contributed by atoms with Crippen LogP contribution in [0.4, 0.5) is 14.5 Å². The minimum Gasteiger partial charge on any atom is -0.492 e. The summed E-state index contributed by atoms with van der Waals surface area (Å²) < 4.78 is 58.3. The molecule has 0 spiro atoms. The zero-order valence-electron chi connectivity index (χ0n) is 14.1. The third kappa shape index (κ3) is 4.50. The molecule has 0 aromatic heterocycles. The summed E-state index contributed by atoms with van der Waals surface area (Å²) >= 11 is 0. The van der Waals surface area contributed by atoms with Gasteiger partial charge in [0, 0.05) is 26.2 Å². The molecular formula is C18H20F2N2O3S. The lowest BCUT2D eigenvalue weighted by Crippen LogP contribution is -2.49. The summed E-state index contributed by atoms with van der Waals surface area (Å²) in [6, 6.07) is 11.9. The van der Waals surface area contributed by atoms with Crippen molar-refractivity contribution in [3.8, 4) is 5.75 Å². The van der Waals surface area contributed by atoms with Gasteiger partial charge in [0.25, 0.3) is 0 Å². The average Bonchev–Trinajstić information content (AvgIpc) is 2.64. The van der Waals surface area contributed by atoms with Crippen molar-refractivity contribution in [3.63, 3.8) is 0 Å². The van der Waals surface area contributed by atoms with Crippen LogP contribution in [-0.2, 0) is 10.0 Å². The van der Waals surface area contributed by atoms with Gasteiger partial charge in [-0.2, -0.15) is 4.31 Å². The van der Waals surface area contributed by atoms with E-state index >= 15 is 0 Å². The van der Waals surface area contributed by atoms with E-state index in [4.69, 9.17) is 4.74 Å². The van der Waals surface area contributed by atoms with Crippen molar-refractivity contribution in [3.05, 3.63) is 60.2 Å². The molecule has 0 atom stereocenters. The number of sulfonamides is 1. The first-order chi connectivity index (χ1) is 12.5. The molecule has 0 bridgehead atoms. The summed E-state index contributed by atoms with van der Waals surface area (Å²) in [6.07, 6.45) is 0. The molecule has 1 heterocycles. The molecule has 3 rings (SSSR count). The molecule has 2 aromatic carbocycles. The van der Waals surface area contributed by atoms with Gasteiger partial charge in [0.1, 0.15) is 24.0 Å². The fourth-order valence-electron chi connectivity index (χ4n) is 2.84. The number of benzene rings is 2. The zero-order valence-corrected chi connectivity index (χ0v) is 15.0. The molecule has 0 aliphatic carbocycles. The number of ether oxygens (including phenoxy) is 1. The second-order valence-electron chi connectivity index (χ2n) is 5.96. The van der Waals surface area contributed by atoms with E-state index < -0.39 is 10.0 Å². The topological polar surface area (TPSA) is 49.9 Å². The van der Waals surface area contributed by atoms with Crippen LogP contribution in [0.2, 0.25) is 0 Å². The summed E-state index contributed by atoms with van der Waals surface area (Å²) in [5.74, 6) is -0.426. The third-order valence-electron chi connectivity index (χ3n) is 4.25. The van der Waals surface area contributed by atoms with Crippen molar-refractivity contribution in [1.82, 2.24) is 4.31 Å². The monoisotopic (exact) mass is 382 g/mol. The van der Waals surface area contributed by atoms with E-state index in [9.17, 15) is 17.2 Å². The van der Waals surface area contributed by atoms with Gasteiger partial charge in [0.2, 0.25) is 10.0 Å². The van der Waals surface area contributed by atoms with Crippen molar-refractivity contribution in [2.24, 2.45) is 0 Å². The molecule has 0 unspecified atom stereocenters. The van der Waals surface area contributed by atoms with Crippen molar-refractivity contribution in [2.75, 3.05) is 43.4 Å². The van der Waals surface area contributed by atoms with Crippen molar-refractivity contribution in [2.45, 2.75) is 0 Å². The lowest BCUT2D eigenvalue weighted by Gasteiger charge is -2.35. The van der Waals surface area contributed by atoms with Gasteiger partial charge in [-0.3, -0.25) is 0 Å². The highest BCUT2D eigenvalue weighted by molar-refractivity contribution is 7.89. The Morgan fingerprint density at radius 1 is 0.923 bits per heavy atom. The third-order valence-corrected chi connectivity index (χ3v) is 6.08. The first kappa shape index (κ1) is 18.6. The second-order valence-corrected chi connectivity index (χ2v) is 8.04. The van der Waals surface area contributed by atoms with Gasteiger partial charge < -0.3 is 9.64 Å². The van der Waals surface area contributed by atoms with Crippen LogP contribution < -0.4 is 9.64 Å². The Morgan fingerprint density at radius 2 is 1.58 bits per heavy atom. The molecule has 5 nitrogen and oxygen atoms in total. The van der Waals surface area contributed by atoms with E-state index in [0.717, 1.165) is 0 Å². The highest BCUT2D eigenvalue weighted by atomic mass is 32.2.